The first kappa shape index (κ1) is 23.6. The van der Waals surface area contributed by atoms with Crippen molar-refractivity contribution in [2.75, 3.05) is 31.1 Å². The molecule has 9 heteroatoms. The first-order valence-electron chi connectivity index (χ1n) is 11.6. The average Bonchev–Trinajstić information content (AvgIpc) is 2.87. The second kappa shape index (κ2) is 9.84. The molecule has 1 fully saturated rings. The lowest BCUT2D eigenvalue weighted by molar-refractivity contribution is -0.131. The monoisotopic (exact) mass is 509 g/mol. The van der Waals surface area contributed by atoms with E-state index >= 15 is 0 Å². The average molecular weight is 510 g/mol. The Morgan fingerprint density at radius 1 is 1.03 bits per heavy atom. The first-order chi connectivity index (χ1) is 16.9. The van der Waals surface area contributed by atoms with Gasteiger partial charge in [0, 0.05) is 50.7 Å². The molecule has 1 saturated heterocycles. The van der Waals surface area contributed by atoms with Gasteiger partial charge in [0.1, 0.15) is 0 Å². The molecule has 1 aliphatic rings. The molecule has 1 aliphatic heterocycles. The highest BCUT2D eigenvalue weighted by atomic mass is 35.5. The molecule has 0 N–H and O–H groups in total. The van der Waals surface area contributed by atoms with E-state index in [-0.39, 0.29) is 11.5 Å². The van der Waals surface area contributed by atoms with Crippen LogP contribution in [-0.4, -0.2) is 51.5 Å². The largest absolute Gasteiger partial charge is 0.367 e. The second-order valence-corrected chi connectivity index (χ2v) is 9.61. The summed E-state index contributed by atoms with van der Waals surface area (Å²) in [5.41, 5.74) is 3.33. The highest BCUT2D eigenvalue weighted by Gasteiger charge is 2.22. The summed E-state index contributed by atoms with van der Waals surface area (Å²) in [4.78, 5) is 38.8. The summed E-state index contributed by atoms with van der Waals surface area (Å²) in [6, 6.07) is 11.5. The highest BCUT2D eigenvalue weighted by molar-refractivity contribution is 6.43. The van der Waals surface area contributed by atoms with Gasteiger partial charge < -0.3 is 9.80 Å². The third-order valence-electron chi connectivity index (χ3n) is 6.51. The van der Waals surface area contributed by atoms with E-state index in [0.717, 1.165) is 22.2 Å². The number of aryl methyl sites for hydroxylation is 2. The van der Waals surface area contributed by atoms with Crippen molar-refractivity contribution in [3.05, 3.63) is 74.9 Å². The van der Waals surface area contributed by atoms with Crippen molar-refractivity contribution in [3.63, 3.8) is 0 Å². The van der Waals surface area contributed by atoms with Gasteiger partial charge in [0.05, 0.1) is 38.5 Å². The van der Waals surface area contributed by atoms with Crippen molar-refractivity contribution in [1.82, 2.24) is 19.4 Å². The first-order valence-corrected chi connectivity index (χ1v) is 12.4. The van der Waals surface area contributed by atoms with Crippen LogP contribution in [0, 0.1) is 6.92 Å². The van der Waals surface area contributed by atoms with Gasteiger partial charge in [0.15, 0.2) is 0 Å². The van der Waals surface area contributed by atoms with Crippen molar-refractivity contribution in [2.24, 2.45) is 0 Å². The summed E-state index contributed by atoms with van der Waals surface area (Å²) in [5, 5.41) is 2.44. The highest BCUT2D eigenvalue weighted by Crippen LogP contribution is 2.33. The summed E-state index contributed by atoms with van der Waals surface area (Å²) >= 11 is 12.5. The second-order valence-electron chi connectivity index (χ2n) is 8.83. The van der Waals surface area contributed by atoms with Crippen LogP contribution in [0.1, 0.15) is 18.4 Å². The number of benzene rings is 2. The van der Waals surface area contributed by atoms with Crippen LogP contribution in [0.5, 0.6) is 0 Å². The summed E-state index contributed by atoms with van der Waals surface area (Å²) in [7, 11) is 0. The van der Waals surface area contributed by atoms with Crippen molar-refractivity contribution < 1.29 is 4.79 Å². The molecule has 3 heterocycles. The molecule has 0 saturated carbocycles. The Bertz CT molecular complexity index is 1480. The molecule has 0 radical (unpaired) electrons. The minimum Gasteiger partial charge on any atom is -0.367 e. The summed E-state index contributed by atoms with van der Waals surface area (Å²) < 4.78 is 1.57. The zero-order chi connectivity index (χ0) is 24.5. The van der Waals surface area contributed by atoms with Crippen molar-refractivity contribution in [3.8, 4) is 0 Å². The van der Waals surface area contributed by atoms with Gasteiger partial charge in [0.2, 0.25) is 5.91 Å². The maximum Gasteiger partial charge on any atom is 0.262 e. The van der Waals surface area contributed by atoms with Crippen molar-refractivity contribution >= 4 is 56.6 Å². The van der Waals surface area contributed by atoms with Crippen LogP contribution in [0.25, 0.3) is 21.8 Å². The Hall–Kier alpha value is -3.16. The number of piperazine rings is 1. The van der Waals surface area contributed by atoms with Gasteiger partial charge in [-0.25, -0.2) is 4.98 Å². The summed E-state index contributed by atoms with van der Waals surface area (Å²) in [6.45, 7) is 5.06. The number of carbonyl (C=O) groups is 1. The van der Waals surface area contributed by atoms with Crippen LogP contribution in [0.4, 0.5) is 5.69 Å². The number of nitrogens with zero attached hydrogens (tertiary/aromatic N) is 5. The van der Waals surface area contributed by atoms with Crippen LogP contribution < -0.4 is 10.5 Å². The fourth-order valence-corrected chi connectivity index (χ4v) is 4.99. The fourth-order valence-electron chi connectivity index (χ4n) is 4.57. The molecule has 0 spiro atoms. The number of halogens is 2. The molecule has 1 amide bonds. The van der Waals surface area contributed by atoms with Crippen LogP contribution in [-0.2, 0) is 11.3 Å². The molecule has 5 rings (SSSR count). The van der Waals surface area contributed by atoms with Gasteiger partial charge in [-0.15, -0.1) is 0 Å². The smallest absolute Gasteiger partial charge is 0.262 e. The predicted octanol–water partition coefficient (Wildman–Crippen LogP) is 4.69. The maximum atomic E-state index is 13.0. The lowest BCUT2D eigenvalue weighted by Gasteiger charge is -2.36. The van der Waals surface area contributed by atoms with Gasteiger partial charge in [-0.3, -0.25) is 19.1 Å². The van der Waals surface area contributed by atoms with Gasteiger partial charge in [-0.2, -0.15) is 0 Å². The fraction of sp³-hybridized carbons (Fsp3) is 0.308. The molecular formula is C26H25Cl2N5O2. The SMILES string of the molecule is Cc1ccc2ncc3c(=O)n(CCCC(=O)N4CCN(c5cccc(Cl)c5Cl)CC4)cnc3c2c1. The van der Waals surface area contributed by atoms with Crippen LogP contribution in [0.15, 0.2) is 53.7 Å². The molecule has 2 aromatic heterocycles. The number of pyridine rings is 1. The zero-order valence-corrected chi connectivity index (χ0v) is 20.9. The maximum absolute atomic E-state index is 13.0. The number of aromatic nitrogens is 3. The van der Waals surface area contributed by atoms with E-state index in [4.69, 9.17) is 23.2 Å². The number of carbonyl (C=O) groups excluding carboxylic acids is 1. The number of hydrogen-bond acceptors (Lipinski definition) is 5. The number of amides is 1. The van der Waals surface area contributed by atoms with Crippen molar-refractivity contribution in [1.29, 1.82) is 0 Å². The lowest BCUT2D eigenvalue weighted by Crippen LogP contribution is -2.48. The predicted molar refractivity (Wildman–Crippen MR) is 141 cm³/mol. The Labute approximate surface area is 212 Å². The van der Waals surface area contributed by atoms with Crippen LogP contribution >= 0.6 is 23.2 Å². The Morgan fingerprint density at radius 2 is 1.83 bits per heavy atom. The minimum absolute atomic E-state index is 0.0896. The summed E-state index contributed by atoms with van der Waals surface area (Å²) in [5.74, 6) is 0.0896. The van der Waals surface area contributed by atoms with Gasteiger partial charge in [-0.05, 0) is 37.6 Å². The van der Waals surface area contributed by atoms with Crippen molar-refractivity contribution in [2.45, 2.75) is 26.3 Å². The van der Waals surface area contributed by atoms with E-state index in [1.54, 1.807) is 23.2 Å². The summed E-state index contributed by atoms with van der Waals surface area (Å²) in [6.07, 6.45) is 4.10. The standard InChI is InChI=1S/C26H25Cl2N5O2/c1-17-7-8-21-18(14-17)25-19(15-29-21)26(35)33(16-30-25)9-3-6-23(34)32-12-10-31(11-13-32)22-5-2-4-20(27)24(22)28/h2,4-5,7-8,14-16H,3,6,9-13H2,1H3. The number of anilines is 1. The normalized spacial score (nSPS) is 14.1. The quantitative estimate of drug-likeness (QED) is 0.365. The zero-order valence-electron chi connectivity index (χ0n) is 19.4. The molecule has 180 valence electrons. The molecule has 35 heavy (non-hydrogen) atoms. The van der Waals surface area contributed by atoms with Gasteiger partial charge >= 0.3 is 0 Å². The lowest BCUT2D eigenvalue weighted by atomic mass is 10.1. The molecule has 0 unspecified atom stereocenters. The van der Waals surface area contributed by atoms with E-state index in [0.29, 0.717) is 66.5 Å². The van der Waals surface area contributed by atoms with E-state index in [1.807, 2.05) is 42.2 Å². The number of fused-ring (bicyclic) bond motifs is 3. The number of rotatable bonds is 5. The molecule has 7 nitrogen and oxygen atoms in total. The molecule has 0 atom stereocenters. The molecule has 4 aromatic rings. The van der Waals surface area contributed by atoms with E-state index in [2.05, 4.69) is 14.9 Å². The molecule has 0 aliphatic carbocycles. The van der Waals surface area contributed by atoms with E-state index in [1.165, 1.54) is 0 Å². The van der Waals surface area contributed by atoms with Gasteiger partial charge in [0.25, 0.3) is 5.56 Å². The Kier molecular flexibility index (Phi) is 6.62. The van der Waals surface area contributed by atoms with Crippen LogP contribution in [0.2, 0.25) is 10.0 Å². The number of hydrogen-bond donors (Lipinski definition) is 0. The molecular weight excluding hydrogens is 485 g/mol. The topological polar surface area (TPSA) is 71.3 Å². The van der Waals surface area contributed by atoms with E-state index in [9.17, 15) is 9.59 Å². The third-order valence-corrected chi connectivity index (χ3v) is 7.32. The minimum atomic E-state index is -0.134. The van der Waals surface area contributed by atoms with Crippen LogP contribution in [0.3, 0.4) is 0 Å². The Balaban J connectivity index is 1.20. The Morgan fingerprint density at radius 3 is 2.63 bits per heavy atom. The third kappa shape index (κ3) is 4.70. The molecule has 0 bridgehead atoms. The molecule has 2 aromatic carbocycles. The van der Waals surface area contributed by atoms with Gasteiger partial charge in [-0.1, -0.05) is 40.9 Å². The van der Waals surface area contributed by atoms with E-state index < -0.39 is 0 Å².